The number of carbonyl (C=O) groups is 1. The molecule has 1 aliphatic heterocycles. The second-order valence-corrected chi connectivity index (χ2v) is 7.68. The first-order chi connectivity index (χ1) is 15.7. The van der Waals surface area contributed by atoms with Gasteiger partial charge in [-0.05, 0) is 23.6 Å². The monoisotopic (exact) mass is 425 g/mol. The van der Waals surface area contributed by atoms with Crippen LogP contribution in [0.4, 0.5) is 0 Å². The molecule has 5 nitrogen and oxygen atoms in total. The highest BCUT2D eigenvalue weighted by Gasteiger charge is 2.35. The Morgan fingerprint density at radius 3 is 2.06 bits per heavy atom. The summed E-state index contributed by atoms with van der Waals surface area (Å²) in [5, 5.41) is 3.52. The summed E-state index contributed by atoms with van der Waals surface area (Å²) in [5.74, 6) is 0.390. The van der Waals surface area contributed by atoms with Crippen molar-refractivity contribution in [2.75, 3.05) is 7.11 Å². The van der Waals surface area contributed by atoms with Crippen LogP contribution in [0.25, 0.3) is 0 Å². The van der Waals surface area contributed by atoms with Crippen LogP contribution >= 0.6 is 0 Å². The summed E-state index contributed by atoms with van der Waals surface area (Å²) in [7, 11) is 1.42. The lowest BCUT2D eigenvalue weighted by atomic mass is 9.94. The third kappa shape index (κ3) is 4.72. The van der Waals surface area contributed by atoms with Crippen LogP contribution in [-0.2, 0) is 22.6 Å². The van der Waals surface area contributed by atoms with Gasteiger partial charge in [0.1, 0.15) is 0 Å². The molecule has 5 heteroatoms. The molecule has 0 aromatic heterocycles. The van der Waals surface area contributed by atoms with Crippen molar-refractivity contribution < 1.29 is 9.53 Å². The number of aliphatic imine (C=N–C) groups is 1. The van der Waals surface area contributed by atoms with E-state index in [0.717, 1.165) is 28.3 Å². The van der Waals surface area contributed by atoms with Crippen molar-refractivity contribution in [3.63, 3.8) is 0 Å². The zero-order valence-corrected chi connectivity index (χ0v) is 18.4. The predicted molar refractivity (Wildman–Crippen MR) is 127 cm³/mol. The maximum absolute atomic E-state index is 12.9. The summed E-state index contributed by atoms with van der Waals surface area (Å²) in [6, 6.07) is 29.9. The Balaban J connectivity index is 1.78. The first-order valence-corrected chi connectivity index (χ1v) is 10.7. The standard InChI is InChI=1S/C27H27N3O2/c1-20-24(26(31)32-2)25(23-16-10-5-11-17-23)29-27(28-18-21-12-6-3-7-13-21)30(20)19-22-14-8-4-9-15-22/h3-17,25H,18-19H2,1-2H3,(H,28,29). The van der Waals surface area contributed by atoms with Gasteiger partial charge in [-0.2, -0.15) is 0 Å². The van der Waals surface area contributed by atoms with Crippen molar-refractivity contribution in [2.24, 2.45) is 4.99 Å². The number of guanidine groups is 1. The highest BCUT2D eigenvalue weighted by atomic mass is 16.5. The molecule has 0 saturated carbocycles. The molecule has 0 saturated heterocycles. The summed E-state index contributed by atoms with van der Waals surface area (Å²) in [6.45, 7) is 3.09. The highest BCUT2D eigenvalue weighted by molar-refractivity contribution is 5.96. The van der Waals surface area contributed by atoms with Crippen LogP contribution < -0.4 is 5.32 Å². The molecule has 3 aromatic rings. The maximum atomic E-state index is 12.9. The number of nitrogens with zero attached hydrogens (tertiary/aromatic N) is 2. The molecule has 0 fully saturated rings. The molecule has 32 heavy (non-hydrogen) atoms. The second-order valence-electron chi connectivity index (χ2n) is 7.68. The van der Waals surface area contributed by atoms with Gasteiger partial charge in [0.15, 0.2) is 5.96 Å². The Morgan fingerprint density at radius 1 is 0.906 bits per heavy atom. The van der Waals surface area contributed by atoms with E-state index in [0.29, 0.717) is 18.7 Å². The number of hydrogen-bond acceptors (Lipinski definition) is 3. The molecule has 1 heterocycles. The van der Waals surface area contributed by atoms with E-state index < -0.39 is 0 Å². The Kier molecular flexibility index (Phi) is 6.66. The molecule has 0 amide bonds. The van der Waals surface area contributed by atoms with E-state index in [-0.39, 0.29) is 12.0 Å². The van der Waals surface area contributed by atoms with Crippen LogP contribution in [0.5, 0.6) is 0 Å². The summed E-state index contributed by atoms with van der Waals surface area (Å²) in [5.41, 5.74) is 4.66. The highest BCUT2D eigenvalue weighted by Crippen LogP contribution is 2.32. The number of hydrogen-bond donors (Lipinski definition) is 1. The first-order valence-electron chi connectivity index (χ1n) is 10.7. The second kappa shape index (κ2) is 9.96. The van der Waals surface area contributed by atoms with Gasteiger partial charge in [0.2, 0.25) is 0 Å². The number of benzene rings is 3. The van der Waals surface area contributed by atoms with Crippen LogP contribution in [-0.4, -0.2) is 23.9 Å². The Bertz CT molecular complexity index is 1110. The minimum absolute atomic E-state index is 0.342. The van der Waals surface area contributed by atoms with Gasteiger partial charge in [-0.1, -0.05) is 91.0 Å². The van der Waals surface area contributed by atoms with E-state index in [1.165, 1.54) is 7.11 Å². The lowest BCUT2D eigenvalue weighted by Gasteiger charge is -2.38. The molecule has 0 bridgehead atoms. The van der Waals surface area contributed by atoms with Gasteiger partial charge in [-0.15, -0.1) is 0 Å². The lowest BCUT2D eigenvalue weighted by Crippen LogP contribution is -2.48. The molecular weight excluding hydrogens is 398 g/mol. The lowest BCUT2D eigenvalue weighted by molar-refractivity contribution is -0.136. The fraction of sp³-hybridized carbons (Fsp3) is 0.185. The summed E-state index contributed by atoms with van der Waals surface area (Å²) >= 11 is 0. The van der Waals surface area contributed by atoms with Gasteiger partial charge >= 0.3 is 5.97 Å². The number of rotatable bonds is 6. The van der Waals surface area contributed by atoms with E-state index in [1.54, 1.807) is 0 Å². The van der Waals surface area contributed by atoms with E-state index in [9.17, 15) is 4.79 Å². The molecule has 1 unspecified atom stereocenters. The average Bonchev–Trinajstić information content (AvgIpc) is 2.85. The summed E-state index contributed by atoms with van der Waals surface area (Å²) in [4.78, 5) is 19.8. The maximum Gasteiger partial charge on any atom is 0.337 e. The molecule has 0 aliphatic carbocycles. The van der Waals surface area contributed by atoms with E-state index in [2.05, 4.69) is 34.5 Å². The van der Waals surface area contributed by atoms with Crippen molar-refractivity contribution in [1.29, 1.82) is 0 Å². The third-order valence-corrected chi connectivity index (χ3v) is 5.59. The summed E-state index contributed by atoms with van der Waals surface area (Å²) < 4.78 is 5.17. The Labute approximate surface area is 189 Å². The minimum Gasteiger partial charge on any atom is -0.466 e. The molecule has 4 rings (SSSR count). The molecule has 0 spiro atoms. The van der Waals surface area contributed by atoms with Gasteiger partial charge in [0.05, 0.1) is 31.8 Å². The van der Waals surface area contributed by atoms with Crippen molar-refractivity contribution in [1.82, 2.24) is 10.2 Å². The molecule has 0 radical (unpaired) electrons. The Hall–Kier alpha value is -3.86. The van der Waals surface area contributed by atoms with E-state index in [4.69, 9.17) is 9.73 Å². The van der Waals surface area contributed by atoms with Crippen LogP contribution in [0, 0.1) is 0 Å². The largest absolute Gasteiger partial charge is 0.466 e. The van der Waals surface area contributed by atoms with E-state index >= 15 is 0 Å². The van der Waals surface area contributed by atoms with Crippen molar-refractivity contribution >= 4 is 11.9 Å². The van der Waals surface area contributed by atoms with Gasteiger partial charge < -0.3 is 15.0 Å². The quantitative estimate of drug-likeness (QED) is 0.575. The fourth-order valence-electron chi connectivity index (χ4n) is 3.90. The van der Waals surface area contributed by atoms with Gasteiger partial charge in [-0.25, -0.2) is 9.79 Å². The SMILES string of the molecule is COC(=O)C1=C(C)N(Cc2ccccc2)C(=NCc2ccccc2)NC1c1ccccc1. The van der Waals surface area contributed by atoms with Crippen LogP contribution in [0.3, 0.4) is 0 Å². The van der Waals surface area contributed by atoms with Gasteiger partial charge in [-0.3, -0.25) is 0 Å². The number of nitrogens with one attached hydrogen (secondary N) is 1. The fourth-order valence-corrected chi connectivity index (χ4v) is 3.90. The van der Waals surface area contributed by atoms with Gasteiger partial charge in [0.25, 0.3) is 0 Å². The zero-order chi connectivity index (χ0) is 22.3. The van der Waals surface area contributed by atoms with E-state index in [1.807, 2.05) is 73.7 Å². The third-order valence-electron chi connectivity index (χ3n) is 5.59. The topological polar surface area (TPSA) is 53.9 Å². The first kappa shape index (κ1) is 21.4. The molecular formula is C27H27N3O2. The zero-order valence-electron chi connectivity index (χ0n) is 18.4. The number of carbonyl (C=O) groups excluding carboxylic acids is 1. The molecule has 1 aliphatic rings. The van der Waals surface area contributed by atoms with Gasteiger partial charge in [0, 0.05) is 5.70 Å². The number of esters is 1. The van der Waals surface area contributed by atoms with Crippen LogP contribution in [0.2, 0.25) is 0 Å². The minimum atomic E-state index is -0.343. The average molecular weight is 426 g/mol. The number of allylic oxidation sites excluding steroid dienone is 1. The van der Waals surface area contributed by atoms with Crippen molar-refractivity contribution in [3.8, 4) is 0 Å². The van der Waals surface area contributed by atoms with Crippen molar-refractivity contribution in [3.05, 3.63) is 119 Å². The summed E-state index contributed by atoms with van der Waals surface area (Å²) in [6.07, 6.45) is 0. The molecule has 3 aromatic carbocycles. The number of methoxy groups -OCH3 is 1. The van der Waals surface area contributed by atoms with Crippen LogP contribution in [0.15, 0.2) is 107 Å². The Morgan fingerprint density at radius 2 is 1.47 bits per heavy atom. The van der Waals surface area contributed by atoms with Crippen LogP contribution in [0.1, 0.15) is 29.7 Å². The number of ether oxygens (including phenoxy) is 1. The normalized spacial score (nSPS) is 17.2. The molecule has 162 valence electrons. The smallest absolute Gasteiger partial charge is 0.337 e. The molecule has 1 atom stereocenters. The molecule has 1 N–H and O–H groups in total. The predicted octanol–water partition coefficient (Wildman–Crippen LogP) is 4.84. The van der Waals surface area contributed by atoms with Crippen molar-refractivity contribution in [2.45, 2.75) is 26.1 Å².